The molecule has 0 saturated carbocycles. The minimum Gasteiger partial charge on any atom is -0.309 e. The summed E-state index contributed by atoms with van der Waals surface area (Å²) in [7, 11) is 0. The fraction of sp³-hybridized carbons (Fsp3) is 0. The molecule has 0 atom stereocenters. The second-order valence-corrected chi connectivity index (χ2v) is 13.3. The van der Waals surface area contributed by atoms with Crippen molar-refractivity contribution in [3.8, 4) is 56.1 Å². The SMILES string of the molecule is c1ccc(-n2c3c(c4cc5ccccc5cc42)-c2ccccc2-c2c(n(-c4ccccc4)c4cc5ccccc5cc24)-c2ccccc2-3)cc1. The van der Waals surface area contributed by atoms with Crippen LogP contribution in [0.3, 0.4) is 0 Å². The van der Waals surface area contributed by atoms with Gasteiger partial charge in [-0.2, -0.15) is 0 Å². The van der Waals surface area contributed by atoms with Crippen LogP contribution in [0.1, 0.15) is 0 Å². The Kier molecular flexibility index (Phi) is 5.70. The Labute approximate surface area is 289 Å². The lowest BCUT2D eigenvalue weighted by Crippen LogP contribution is -2.03. The van der Waals surface area contributed by atoms with Crippen LogP contribution in [0.2, 0.25) is 0 Å². The average molecular weight is 635 g/mol. The summed E-state index contributed by atoms with van der Waals surface area (Å²) in [6.45, 7) is 0. The van der Waals surface area contributed by atoms with Crippen LogP contribution in [0.4, 0.5) is 0 Å². The molecule has 1 aliphatic rings. The summed E-state index contributed by atoms with van der Waals surface area (Å²) >= 11 is 0. The van der Waals surface area contributed by atoms with E-state index in [1.807, 2.05) is 0 Å². The molecule has 2 heteroatoms. The Morgan fingerprint density at radius 2 is 0.600 bits per heavy atom. The molecule has 8 aromatic carbocycles. The third kappa shape index (κ3) is 3.79. The molecule has 11 rings (SSSR count). The highest BCUT2D eigenvalue weighted by atomic mass is 15.0. The zero-order valence-electron chi connectivity index (χ0n) is 27.2. The van der Waals surface area contributed by atoms with Gasteiger partial charge in [0.2, 0.25) is 0 Å². The van der Waals surface area contributed by atoms with Gasteiger partial charge in [-0.1, -0.05) is 133 Å². The molecule has 232 valence electrons. The zero-order chi connectivity index (χ0) is 32.8. The number of para-hydroxylation sites is 2. The molecule has 1 aliphatic carbocycles. The maximum atomic E-state index is 2.50. The number of hydrogen-bond acceptors (Lipinski definition) is 0. The summed E-state index contributed by atoms with van der Waals surface area (Å²) in [5.74, 6) is 0. The van der Waals surface area contributed by atoms with Crippen LogP contribution >= 0.6 is 0 Å². The van der Waals surface area contributed by atoms with Gasteiger partial charge in [0.25, 0.3) is 0 Å². The summed E-state index contributed by atoms with van der Waals surface area (Å²) in [6, 6.07) is 66.9. The standard InChI is InChI=1S/C48H30N2/c1-3-19-35(20-4-1)49-43-29-33-17-9-7-15-31(33)27-41(43)45-37-23-11-12-24-38(37)46-42-28-32-16-8-10-18-34(32)30-44(42)50(36-21-5-2-6-22-36)48(46)40-26-14-13-25-39(40)47(45)49/h1-30H. The molecule has 50 heavy (non-hydrogen) atoms. The lowest BCUT2D eigenvalue weighted by Gasteiger charge is -2.23. The number of hydrogen-bond donors (Lipinski definition) is 0. The summed E-state index contributed by atoms with van der Waals surface area (Å²) in [4.78, 5) is 0. The third-order valence-corrected chi connectivity index (χ3v) is 10.6. The van der Waals surface area contributed by atoms with Crippen molar-refractivity contribution in [2.24, 2.45) is 0 Å². The van der Waals surface area contributed by atoms with E-state index in [4.69, 9.17) is 0 Å². The highest BCUT2D eigenvalue weighted by Crippen LogP contribution is 2.55. The van der Waals surface area contributed by atoms with E-state index in [9.17, 15) is 0 Å². The Balaban J connectivity index is 1.41. The summed E-state index contributed by atoms with van der Waals surface area (Å²) < 4.78 is 5.00. The summed E-state index contributed by atoms with van der Waals surface area (Å²) in [6.07, 6.45) is 0. The Bertz CT molecular complexity index is 2760. The van der Waals surface area contributed by atoms with E-state index < -0.39 is 0 Å². The number of fused-ring (bicyclic) bond motifs is 14. The van der Waals surface area contributed by atoms with E-state index in [2.05, 4.69) is 191 Å². The molecule has 2 aromatic heterocycles. The fourth-order valence-electron chi connectivity index (χ4n) is 8.51. The van der Waals surface area contributed by atoms with Gasteiger partial charge in [0, 0.05) is 44.4 Å². The molecule has 0 unspecified atom stereocenters. The first-order chi connectivity index (χ1) is 24.8. The minimum atomic E-state index is 1.15. The Morgan fingerprint density at radius 1 is 0.280 bits per heavy atom. The van der Waals surface area contributed by atoms with Crippen LogP contribution in [0.15, 0.2) is 182 Å². The monoisotopic (exact) mass is 634 g/mol. The highest BCUT2D eigenvalue weighted by molar-refractivity contribution is 6.19. The molecular weight excluding hydrogens is 605 g/mol. The van der Waals surface area contributed by atoms with Crippen molar-refractivity contribution in [2.75, 3.05) is 0 Å². The molecule has 2 heterocycles. The topological polar surface area (TPSA) is 9.86 Å². The highest BCUT2D eigenvalue weighted by Gasteiger charge is 2.32. The second-order valence-electron chi connectivity index (χ2n) is 13.3. The second kappa shape index (κ2) is 10.4. The van der Waals surface area contributed by atoms with Crippen molar-refractivity contribution in [3.05, 3.63) is 182 Å². The molecule has 0 fully saturated rings. The van der Waals surface area contributed by atoms with Gasteiger partial charge < -0.3 is 9.13 Å². The van der Waals surface area contributed by atoms with Gasteiger partial charge in [-0.15, -0.1) is 0 Å². The van der Waals surface area contributed by atoms with Gasteiger partial charge in [0.15, 0.2) is 0 Å². The van der Waals surface area contributed by atoms with Crippen LogP contribution in [0.5, 0.6) is 0 Å². The van der Waals surface area contributed by atoms with Crippen molar-refractivity contribution in [2.45, 2.75) is 0 Å². The number of aromatic nitrogens is 2. The first-order valence-corrected chi connectivity index (χ1v) is 17.3. The molecule has 0 saturated heterocycles. The maximum absolute atomic E-state index is 2.50. The summed E-state index contributed by atoms with van der Waals surface area (Å²) in [5.41, 5.74) is 14.6. The van der Waals surface area contributed by atoms with Crippen molar-refractivity contribution in [1.82, 2.24) is 9.13 Å². The Morgan fingerprint density at radius 3 is 1.00 bits per heavy atom. The van der Waals surface area contributed by atoms with E-state index in [1.165, 1.54) is 88.1 Å². The fourth-order valence-corrected chi connectivity index (χ4v) is 8.51. The van der Waals surface area contributed by atoms with Gasteiger partial charge in [-0.25, -0.2) is 0 Å². The lowest BCUT2D eigenvalue weighted by molar-refractivity contribution is 1.12. The van der Waals surface area contributed by atoms with Crippen LogP contribution in [0, 0.1) is 0 Å². The molecule has 0 bridgehead atoms. The van der Waals surface area contributed by atoms with Gasteiger partial charge >= 0.3 is 0 Å². The van der Waals surface area contributed by atoms with Gasteiger partial charge in [-0.3, -0.25) is 0 Å². The van der Waals surface area contributed by atoms with Crippen LogP contribution in [-0.2, 0) is 0 Å². The summed E-state index contributed by atoms with van der Waals surface area (Å²) in [5, 5.41) is 7.47. The number of benzene rings is 8. The zero-order valence-corrected chi connectivity index (χ0v) is 27.2. The van der Waals surface area contributed by atoms with E-state index in [1.54, 1.807) is 0 Å². The quantitative estimate of drug-likeness (QED) is 0.179. The average Bonchev–Trinajstić information content (AvgIpc) is 3.68. The Hall–Kier alpha value is -6.64. The van der Waals surface area contributed by atoms with E-state index in [-0.39, 0.29) is 0 Å². The molecule has 2 nitrogen and oxygen atoms in total. The van der Waals surface area contributed by atoms with E-state index in [0.717, 1.165) is 11.4 Å². The largest absolute Gasteiger partial charge is 0.309 e. The van der Waals surface area contributed by atoms with Crippen LogP contribution < -0.4 is 0 Å². The van der Waals surface area contributed by atoms with Crippen molar-refractivity contribution in [3.63, 3.8) is 0 Å². The molecule has 10 aromatic rings. The van der Waals surface area contributed by atoms with E-state index >= 15 is 0 Å². The first-order valence-electron chi connectivity index (χ1n) is 17.3. The lowest BCUT2D eigenvalue weighted by atomic mass is 9.84. The number of nitrogens with zero attached hydrogens (tertiary/aromatic N) is 2. The molecule has 0 N–H and O–H groups in total. The smallest absolute Gasteiger partial charge is 0.0626 e. The van der Waals surface area contributed by atoms with Crippen LogP contribution in [0.25, 0.3) is 99.5 Å². The number of rotatable bonds is 2. The molecular formula is C48H30N2. The van der Waals surface area contributed by atoms with Crippen molar-refractivity contribution < 1.29 is 0 Å². The van der Waals surface area contributed by atoms with Crippen molar-refractivity contribution >= 4 is 43.4 Å². The minimum absolute atomic E-state index is 1.15. The molecule has 0 amide bonds. The predicted octanol–water partition coefficient (Wildman–Crippen LogP) is 12.9. The normalized spacial score (nSPS) is 12.0. The van der Waals surface area contributed by atoms with Gasteiger partial charge in [0.1, 0.15) is 0 Å². The third-order valence-electron chi connectivity index (χ3n) is 10.6. The molecule has 0 radical (unpaired) electrons. The van der Waals surface area contributed by atoms with Gasteiger partial charge in [-0.05, 0) is 81.2 Å². The first kappa shape index (κ1) is 27.3. The van der Waals surface area contributed by atoms with Crippen molar-refractivity contribution in [1.29, 1.82) is 0 Å². The van der Waals surface area contributed by atoms with Gasteiger partial charge in [0.05, 0.1) is 22.4 Å². The van der Waals surface area contributed by atoms with Crippen LogP contribution in [-0.4, -0.2) is 9.13 Å². The molecule has 0 spiro atoms. The molecule has 0 aliphatic heterocycles. The predicted molar refractivity (Wildman–Crippen MR) is 210 cm³/mol. The maximum Gasteiger partial charge on any atom is 0.0626 e. The van der Waals surface area contributed by atoms with E-state index in [0.29, 0.717) is 0 Å².